The lowest BCUT2D eigenvalue weighted by Crippen LogP contribution is -2.69. The maximum Gasteiger partial charge on any atom is 0.177 e. The standard InChI is InChI=1S/C27H30O3Si/c28-20-19-26(22-30-27-18-10-11-21-29-27)31(23-12-4-1-5-13-23,24-14-6-2-7-15-24)25-16-8-3-9-17-25/h1-9,12-17,19,27-28H,10-11,18,20-22H2/b26-19+. The molecule has 3 aromatic carbocycles. The van der Waals surface area contributed by atoms with Crippen molar-refractivity contribution >= 4 is 23.6 Å². The quantitative estimate of drug-likeness (QED) is 0.441. The lowest BCUT2D eigenvalue weighted by atomic mass is 10.2. The molecule has 0 aliphatic carbocycles. The lowest BCUT2D eigenvalue weighted by molar-refractivity contribution is -0.156. The molecule has 1 atom stereocenters. The molecule has 160 valence electrons. The lowest BCUT2D eigenvalue weighted by Gasteiger charge is -2.37. The average Bonchev–Trinajstić information content (AvgIpc) is 2.86. The summed E-state index contributed by atoms with van der Waals surface area (Å²) in [5.41, 5.74) is 0. The zero-order chi connectivity index (χ0) is 21.4. The van der Waals surface area contributed by atoms with Gasteiger partial charge < -0.3 is 14.6 Å². The minimum atomic E-state index is -2.64. The first-order valence-electron chi connectivity index (χ1n) is 11.1. The van der Waals surface area contributed by atoms with E-state index in [-0.39, 0.29) is 12.9 Å². The molecule has 1 heterocycles. The smallest absolute Gasteiger partial charge is 0.177 e. The Kier molecular flexibility index (Phi) is 7.49. The van der Waals surface area contributed by atoms with E-state index in [1.807, 2.05) is 6.08 Å². The molecule has 3 aromatic rings. The first-order chi connectivity index (χ1) is 15.4. The highest BCUT2D eigenvalue weighted by Gasteiger charge is 2.43. The van der Waals surface area contributed by atoms with Gasteiger partial charge in [0.1, 0.15) is 0 Å². The van der Waals surface area contributed by atoms with E-state index in [1.165, 1.54) is 15.6 Å². The fraction of sp³-hybridized carbons (Fsp3) is 0.259. The van der Waals surface area contributed by atoms with Gasteiger partial charge in [-0.05, 0) is 40.0 Å². The van der Waals surface area contributed by atoms with Crippen LogP contribution in [0.15, 0.2) is 102 Å². The first-order valence-corrected chi connectivity index (χ1v) is 13.1. The summed E-state index contributed by atoms with van der Waals surface area (Å²) >= 11 is 0. The Morgan fingerprint density at radius 1 is 0.839 bits per heavy atom. The largest absolute Gasteiger partial charge is 0.392 e. The SMILES string of the molecule is OC/C=C(\COC1CCCCO1)[Si](c1ccccc1)(c1ccccc1)c1ccccc1. The Hall–Kier alpha value is -2.50. The number of aliphatic hydroxyl groups is 1. The van der Waals surface area contributed by atoms with Gasteiger partial charge in [-0.2, -0.15) is 0 Å². The topological polar surface area (TPSA) is 38.7 Å². The normalized spacial score (nSPS) is 17.5. The van der Waals surface area contributed by atoms with E-state index in [4.69, 9.17) is 9.47 Å². The number of benzene rings is 3. The van der Waals surface area contributed by atoms with Crippen molar-refractivity contribution in [3.05, 3.63) is 102 Å². The van der Waals surface area contributed by atoms with E-state index < -0.39 is 8.07 Å². The van der Waals surface area contributed by atoms with Gasteiger partial charge >= 0.3 is 0 Å². The van der Waals surface area contributed by atoms with Crippen molar-refractivity contribution in [2.24, 2.45) is 0 Å². The Morgan fingerprint density at radius 2 is 1.35 bits per heavy atom. The predicted molar refractivity (Wildman–Crippen MR) is 129 cm³/mol. The monoisotopic (exact) mass is 430 g/mol. The highest BCUT2D eigenvalue weighted by atomic mass is 28.3. The van der Waals surface area contributed by atoms with Gasteiger partial charge in [0.2, 0.25) is 0 Å². The summed E-state index contributed by atoms with van der Waals surface area (Å²) in [5.74, 6) is 0. The Morgan fingerprint density at radius 3 is 1.77 bits per heavy atom. The maximum absolute atomic E-state index is 10.0. The molecule has 4 rings (SSSR count). The van der Waals surface area contributed by atoms with E-state index in [2.05, 4.69) is 91.0 Å². The maximum atomic E-state index is 10.0. The molecule has 0 amide bonds. The summed E-state index contributed by atoms with van der Waals surface area (Å²) in [7, 11) is -2.64. The minimum absolute atomic E-state index is 0.0224. The summed E-state index contributed by atoms with van der Waals surface area (Å²) in [6, 6.07) is 32.1. The van der Waals surface area contributed by atoms with Crippen molar-refractivity contribution in [1.29, 1.82) is 0 Å². The third-order valence-electron chi connectivity index (χ3n) is 6.00. The molecule has 1 saturated heterocycles. The van der Waals surface area contributed by atoms with Crippen molar-refractivity contribution in [3.8, 4) is 0 Å². The van der Waals surface area contributed by atoms with Crippen molar-refractivity contribution in [3.63, 3.8) is 0 Å². The molecule has 1 aliphatic rings. The van der Waals surface area contributed by atoms with E-state index in [0.717, 1.165) is 31.1 Å². The highest BCUT2D eigenvalue weighted by Crippen LogP contribution is 2.21. The summed E-state index contributed by atoms with van der Waals surface area (Å²) in [5, 5.41) is 15.0. The van der Waals surface area contributed by atoms with Crippen molar-refractivity contribution in [2.45, 2.75) is 25.6 Å². The van der Waals surface area contributed by atoms with Crippen LogP contribution in [0.5, 0.6) is 0 Å². The molecule has 1 N–H and O–H groups in total. The second-order valence-electron chi connectivity index (χ2n) is 7.87. The highest BCUT2D eigenvalue weighted by molar-refractivity contribution is 7.16. The summed E-state index contributed by atoms with van der Waals surface area (Å²) < 4.78 is 12.1. The van der Waals surface area contributed by atoms with Crippen LogP contribution in [0.1, 0.15) is 19.3 Å². The van der Waals surface area contributed by atoms with Gasteiger partial charge in [0, 0.05) is 6.61 Å². The third-order valence-corrected chi connectivity index (χ3v) is 10.9. The average molecular weight is 431 g/mol. The summed E-state index contributed by atoms with van der Waals surface area (Å²) in [6.45, 7) is 1.17. The minimum Gasteiger partial charge on any atom is -0.392 e. The summed E-state index contributed by atoms with van der Waals surface area (Å²) in [4.78, 5) is 0. The number of aliphatic hydroxyl groups excluding tert-OH is 1. The molecule has 3 nitrogen and oxygen atoms in total. The number of hydrogen-bond donors (Lipinski definition) is 1. The molecule has 1 fully saturated rings. The van der Waals surface area contributed by atoms with Crippen LogP contribution in [-0.2, 0) is 9.47 Å². The Labute approximate surface area is 186 Å². The Bertz CT molecular complexity index is 855. The van der Waals surface area contributed by atoms with Gasteiger partial charge in [-0.3, -0.25) is 0 Å². The van der Waals surface area contributed by atoms with Crippen LogP contribution in [0.4, 0.5) is 0 Å². The van der Waals surface area contributed by atoms with Gasteiger partial charge in [-0.25, -0.2) is 0 Å². The molecular weight excluding hydrogens is 400 g/mol. The molecule has 1 unspecified atom stereocenters. The molecule has 0 aromatic heterocycles. The predicted octanol–water partition coefficient (Wildman–Crippen LogP) is 3.16. The fourth-order valence-electron chi connectivity index (χ4n) is 4.58. The molecule has 0 saturated carbocycles. The van der Waals surface area contributed by atoms with Crippen LogP contribution < -0.4 is 15.6 Å². The van der Waals surface area contributed by atoms with Crippen molar-refractivity contribution in [2.75, 3.05) is 19.8 Å². The van der Waals surface area contributed by atoms with Crippen LogP contribution in [0.2, 0.25) is 0 Å². The molecule has 4 heteroatoms. The Balaban J connectivity index is 1.88. The fourth-order valence-corrected chi connectivity index (χ4v) is 9.46. The van der Waals surface area contributed by atoms with Gasteiger partial charge in [-0.15, -0.1) is 0 Å². The van der Waals surface area contributed by atoms with Gasteiger partial charge in [0.05, 0.1) is 13.2 Å². The molecule has 0 radical (unpaired) electrons. The van der Waals surface area contributed by atoms with Crippen molar-refractivity contribution in [1.82, 2.24) is 0 Å². The molecular formula is C27H30O3Si. The molecule has 0 bridgehead atoms. The molecule has 1 aliphatic heterocycles. The van der Waals surface area contributed by atoms with E-state index in [9.17, 15) is 5.11 Å². The van der Waals surface area contributed by atoms with E-state index >= 15 is 0 Å². The second-order valence-corrected chi connectivity index (χ2v) is 11.7. The van der Waals surface area contributed by atoms with Crippen LogP contribution >= 0.6 is 0 Å². The van der Waals surface area contributed by atoms with E-state index in [1.54, 1.807) is 0 Å². The number of hydrogen-bond acceptors (Lipinski definition) is 3. The zero-order valence-electron chi connectivity index (χ0n) is 17.8. The number of ether oxygens (including phenoxy) is 2. The van der Waals surface area contributed by atoms with E-state index in [0.29, 0.717) is 6.61 Å². The van der Waals surface area contributed by atoms with Crippen LogP contribution in [-0.4, -0.2) is 39.3 Å². The van der Waals surface area contributed by atoms with Gasteiger partial charge in [0.25, 0.3) is 0 Å². The number of rotatable bonds is 8. The molecule has 0 spiro atoms. The summed E-state index contributed by atoms with van der Waals surface area (Å²) in [6.07, 6.45) is 4.92. The van der Waals surface area contributed by atoms with Gasteiger partial charge in [-0.1, -0.05) is 97.1 Å². The van der Waals surface area contributed by atoms with Gasteiger partial charge in [0.15, 0.2) is 14.4 Å². The van der Waals surface area contributed by atoms with Crippen LogP contribution in [0, 0.1) is 0 Å². The zero-order valence-corrected chi connectivity index (χ0v) is 18.8. The van der Waals surface area contributed by atoms with Crippen LogP contribution in [0.3, 0.4) is 0 Å². The molecule has 31 heavy (non-hydrogen) atoms. The first kappa shape index (κ1) is 21.7. The third kappa shape index (κ3) is 4.73. The van der Waals surface area contributed by atoms with Crippen molar-refractivity contribution < 1.29 is 14.6 Å². The van der Waals surface area contributed by atoms with Crippen LogP contribution in [0.25, 0.3) is 0 Å². The second kappa shape index (κ2) is 10.7.